The zero-order valence-electron chi connectivity index (χ0n) is 18.9. The fraction of sp³-hybridized carbons (Fsp3) is 0.364. The van der Waals surface area contributed by atoms with Crippen LogP contribution in [0.3, 0.4) is 0 Å². The SMILES string of the molecule is CCOc1ccc(NC(=O)C(N=Nc2c(Cl)cc(OC)cc2OC)C(C)=O)c(Cl)c1OCC. The molecule has 2 aromatic rings. The van der Waals surface area contributed by atoms with Gasteiger partial charge >= 0.3 is 0 Å². The third kappa shape index (κ3) is 6.49. The zero-order chi connectivity index (χ0) is 24.5. The van der Waals surface area contributed by atoms with Gasteiger partial charge in [-0.3, -0.25) is 9.59 Å². The number of nitrogens with zero attached hydrogens (tertiary/aromatic N) is 2. The number of rotatable bonds is 11. The molecule has 0 aromatic heterocycles. The van der Waals surface area contributed by atoms with Crippen molar-refractivity contribution in [2.45, 2.75) is 26.8 Å². The van der Waals surface area contributed by atoms with Crippen LogP contribution in [0.15, 0.2) is 34.5 Å². The van der Waals surface area contributed by atoms with Gasteiger partial charge in [0.1, 0.15) is 16.5 Å². The summed E-state index contributed by atoms with van der Waals surface area (Å²) in [5.74, 6) is 0.171. The molecule has 0 saturated carbocycles. The first-order chi connectivity index (χ1) is 15.8. The van der Waals surface area contributed by atoms with Crippen LogP contribution < -0.4 is 24.3 Å². The first-order valence-corrected chi connectivity index (χ1v) is 10.7. The Morgan fingerprint density at radius 1 is 1.03 bits per heavy atom. The number of hydrogen-bond donors (Lipinski definition) is 1. The van der Waals surface area contributed by atoms with Crippen molar-refractivity contribution in [3.8, 4) is 23.0 Å². The first-order valence-electron chi connectivity index (χ1n) is 9.99. The number of hydrogen-bond acceptors (Lipinski definition) is 8. The molecule has 1 N–H and O–H groups in total. The molecule has 1 atom stereocenters. The number of nitrogens with one attached hydrogen (secondary N) is 1. The van der Waals surface area contributed by atoms with E-state index < -0.39 is 17.7 Å². The van der Waals surface area contributed by atoms with Crippen LogP contribution in [0.2, 0.25) is 10.0 Å². The molecule has 0 fully saturated rings. The molecule has 0 radical (unpaired) electrons. The molecule has 1 unspecified atom stereocenters. The fourth-order valence-corrected chi connectivity index (χ4v) is 3.23. The maximum absolute atomic E-state index is 12.8. The predicted molar refractivity (Wildman–Crippen MR) is 126 cm³/mol. The molecule has 0 aliphatic heterocycles. The number of carbonyl (C=O) groups is 2. The van der Waals surface area contributed by atoms with Crippen molar-refractivity contribution >= 4 is 46.3 Å². The van der Waals surface area contributed by atoms with Gasteiger partial charge in [-0.2, -0.15) is 5.11 Å². The van der Waals surface area contributed by atoms with Crippen LogP contribution in [-0.4, -0.2) is 45.2 Å². The third-order valence-corrected chi connectivity index (χ3v) is 4.93. The van der Waals surface area contributed by atoms with E-state index in [9.17, 15) is 9.59 Å². The summed E-state index contributed by atoms with van der Waals surface area (Å²) in [4.78, 5) is 25.0. The minimum absolute atomic E-state index is 0.134. The normalized spacial score (nSPS) is 11.7. The van der Waals surface area contributed by atoms with Gasteiger partial charge in [0.15, 0.2) is 23.0 Å². The van der Waals surface area contributed by atoms with Gasteiger partial charge in [-0.05, 0) is 32.9 Å². The Bertz CT molecular complexity index is 1050. The molecule has 2 rings (SSSR count). The number of benzene rings is 2. The van der Waals surface area contributed by atoms with Crippen molar-refractivity contribution in [3.63, 3.8) is 0 Å². The Morgan fingerprint density at radius 3 is 2.30 bits per heavy atom. The van der Waals surface area contributed by atoms with Gasteiger partial charge < -0.3 is 24.3 Å². The summed E-state index contributed by atoms with van der Waals surface area (Å²) in [5, 5.41) is 10.8. The summed E-state index contributed by atoms with van der Waals surface area (Å²) < 4.78 is 21.5. The number of halogens is 2. The lowest BCUT2D eigenvalue weighted by molar-refractivity contribution is -0.126. The van der Waals surface area contributed by atoms with Crippen molar-refractivity contribution in [2.24, 2.45) is 10.2 Å². The molecule has 178 valence electrons. The maximum Gasteiger partial charge on any atom is 0.258 e. The Labute approximate surface area is 202 Å². The Hall–Kier alpha value is -3.04. The third-order valence-electron chi connectivity index (χ3n) is 4.27. The molecule has 33 heavy (non-hydrogen) atoms. The van der Waals surface area contributed by atoms with Crippen LogP contribution in [0.4, 0.5) is 11.4 Å². The molecule has 0 bridgehead atoms. The first kappa shape index (κ1) is 26.2. The molecular weight excluding hydrogens is 473 g/mol. The summed E-state index contributed by atoms with van der Waals surface area (Å²) in [6, 6.07) is 4.77. The van der Waals surface area contributed by atoms with Gasteiger partial charge in [-0.1, -0.05) is 23.2 Å². The predicted octanol–water partition coefficient (Wildman–Crippen LogP) is 5.49. The number of amides is 1. The van der Waals surface area contributed by atoms with Crippen molar-refractivity contribution in [3.05, 3.63) is 34.3 Å². The number of anilines is 1. The minimum atomic E-state index is -1.45. The minimum Gasteiger partial charge on any atom is -0.497 e. The van der Waals surface area contributed by atoms with Gasteiger partial charge in [0, 0.05) is 12.1 Å². The van der Waals surface area contributed by atoms with E-state index in [-0.39, 0.29) is 32.9 Å². The van der Waals surface area contributed by atoms with E-state index in [0.717, 1.165) is 0 Å². The standard InChI is InChI=1S/C22H25Cl2N3O6/c1-6-32-16-9-8-15(18(24)21(16)33-7-2)25-22(29)19(12(3)28)26-27-20-14(23)10-13(30-4)11-17(20)31-5/h8-11,19H,6-7H2,1-5H3,(H,25,29). The molecule has 9 nitrogen and oxygen atoms in total. The molecule has 0 saturated heterocycles. The average Bonchev–Trinajstić information content (AvgIpc) is 2.78. The number of ketones is 1. The Kier molecular flexibility index (Phi) is 9.74. The lowest BCUT2D eigenvalue weighted by Crippen LogP contribution is -2.32. The van der Waals surface area contributed by atoms with Gasteiger partial charge in [0.2, 0.25) is 6.04 Å². The molecule has 0 aliphatic carbocycles. The van der Waals surface area contributed by atoms with E-state index in [1.807, 2.05) is 6.92 Å². The second-order valence-electron chi connectivity index (χ2n) is 6.50. The highest BCUT2D eigenvalue weighted by atomic mass is 35.5. The highest BCUT2D eigenvalue weighted by Crippen LogP contribution is 2.41. The highest BCUT2D eigenvalue weighted by molar-refractivity contribution is 6.35. The molecule has 0 spiro atoms. The summed E-state index contributed by atoms with van der Waals surface area (Å²) in [5.41, 5.74) is 0.381. The van der Waals surface area contributed by atoms with Gasteiger partial charge in [-0.15, -0.1) is 5.11 Å². The zero-order valence-corrected chi connectivity index (χ0v) is 20.4. The van der Waals surface area contributed by atoms with Crippen LogP contribution in [0, 0.1) is 0 Å². The summed E-state index contributed by atoms with van der Waals surface area (Å²) >= 11 is 12.6. The Balaban J connectivity index is 2.34. The average molecular weight is 498 g/mol. The van der Waals surface area contributed by atoms with Crippen LogP contribution in [0.25, 0.3) is 0 Å². The number of methoxy groups -OCH3 is 2. The van der Waals surface area contributed by atoms with Crippen LogP contribution in [-0.2, 0) is 9.59 Å². The lowest BCUT2D eigenvalue weighted by Gasteiger charge is -2.16. The highest BCUT2D eigenvalue weighted by Gasteiger charge is 2.26. The number of carbonyl (C=O) groups excluding carboxylic acids is 2. The quantitative estimate of drug-likeness (QED) is 0.324. The Morgan fingerprint density at radius 2 is 1.73 bits per heavy atom. The number of azo groups is 1. The molecule has 2 aromatic carbocycles. The molecule has 1 amide bonds. The lowest BCUT2D eigenvalue weighted by atomic mass is 10.2. The fourth-order valence-electron chi connectivity index (χ4n) is 2.74. The van der Waals surface area contributed by atoms with E-state index >= 15 is 0 Å². The van der Waals surface area contributed by atoms with E-state index in [0.29, 0.717) is 24.7 Å². The van der Waals surface area contributed by atoms with Gasteiger partial charge in [0.05, 0.1) is 38.1 Å². The van der Waals surface area contributed by atoms with Crippen molar-refractivity contribution in [2.75, 3.05) is 32.8 Å². The van der Waals surface area contributed by atoms with E-state index in [2.05, 4.69) is 15.5 Å². The summed E-state index contributed by atoms with van der Waals surface area (Å²) in [6.45, 7) is 5.59. The molecule has 11 heteroatoms. The smallest absolute Gasteiger partial charge is 0.258 e. The second kappa shape index (κ2) is 12.3. The molecule has 0 heterocycles. The van der Waals surface area contributed by atoms with Crippen LogP contribution in [0.1, 0.15) is 20.8 Å². The van der Waals surface area contributed by atoms with Crippen molar-refractivity contribution in [1.82, 2.24) is 0 Å². The number of ether oxygens (including phenoxy) is 4. The van der Waals surface area contributed by atoms with E-state index in [1.54, 1.807) is 25.1 Å². The van der Waals surface area contributed by atoms with E-state index in [4.69, 9.17) is 42.1 Å². The van der Waals surface area contributed by atoms with Crippen molar-refractivity contribution in [1.29, 1.82) is 0 Å². The van der Waals surface area contributed by atoms with Gasteiger partial charge in [-0.25, -0.2) is 0 Å². The van der Waals surface area contributed by atoms with Crippen molar-refractivity contribution < 1.29 is 28.5 Å². The van der Waals surface area contributed by atoms with Gasteiger partial charge in [0.25, 0.3) is 5.91 Å². The molecular formula is C22H25Cl2N3O6. The summed E-state index contributed by atoms with van der Waals surface area (Å²) in [7, 11) is 2.90. The topological polar surface area (TPSA) is 108 Å². The van der Waals surface area contributed by atoms with E-state index in [1.165, 1.54) is 27.2 Å². The summed E-state index contributed by atoms with van der Waals surface area (Å²) in [6.07, 6.45) is 0. The van der Waals surface area contributed by atoms with Crippen LogP contribution in [0.5, 0.6) is 23.0 Å². The maximum atomic E-state index is 12.8. The monoisotopic (exact) mass is 497 g/mol. The molecule has 0 aliphatic rings. The number of Topliss-reactive ketones (excluding diaryl/α,β-unsaturated/α-hetero) is 1. The van der Waals surface area contributed by atoms with Crippen LogP contribution >= 0.6 is 23.2 Å². The largest absolute Gasteiger partial charge is 0.497 e. The second-order valence-corrected chi connectivity index (χ2v) is 7.28.